The van der Waals surface area contributed by atoms with Crippen molar-refractivity contribution in [2.75, 3.05) is 0 Å². The zero-order chi connectivity index (χ0) is 19.6. The van der Waals surface area contributed by atoms with Gasteiger partial charge in [0, 0.05) is 6.21 Å². The predicted molar refractivity (Wildman–Crippen MR) is 123 cm³/mol. The van der Waals surface area contributed by atoms with Crippen LogP contribution in [0.4, 0.5) is 5.69 Å². The molecule has 3 aromatic carbocycles. The number of nitrogens with zero attached hydrogens (tertiary/aromatic N) is 1. The molecule has 3 rings (SSSR count). The van der Waals surface area contributed by atoms with Gasteiger partial charge < -0.3 is 0 Å². The molecule has 0 aromatic heterocycles. The lowest BCUT2D eigenvalue weighted by atomic mass is 9.96. The first-order chi connectivity index (χ1) is 13.8. The third-order valence-corrected chi connectivity index (χ3v) is 4.97. The van der Waals surface area contributed by atoms with Gasteiger partial charge in [-0.25, -0.2) is 0 Å². The Balaban J connectivity index is 1.69. The zero-order valence-electron chi connectivity index (χ0n) is 16.8. The van der Waals surface area contributed by atoms with Crippen molar-refractivity contribution >= 4 is 11.9 Å². The highest BCUT2D eigenvalue weighted by atomic mass is 14.7. The van der Waals surface area contributed by atoms with Gasteiger partial charge in [-0.05, 0) is 65.6 Å². The molecule has 1 heteroatoms. The van der Waals surface area contributed by atoms with Gasteiger partial charge >= 0.3 is 0 Å². The summed E-state index contributed by atoms with van der Waals surface area (Å²) in [4.78, 5) is 4.62. The molecule has 0 aliphatic carbocycles. The summed E-state index contributed by atoms with van der Waals surface area (Å²) in [5.74, 6) is 0. The maximum absolute atomic E-state index is 4.62. The van der Waals surface area contributed by atoms with E-state index in [1.807, 2.05) is 12.3 Å². The van der Waals surface area contributed by atoms with E-state index in [0.717, 1.165) is 30.5 Å². The summed E-state index contributed by atoms with van der Waals surface area (Å²) in [6.07, 6.45) is 9.56. The Morgan fingerprint density at radius 3 is 2.32 bits per heavy atom. The molecule has 0 aliphatic rings. The van der Waals surface area contributed by atoms with Crippen LogP contribution in [0.15, 0.2) is 90.4 Å². The minimum Gasteiger partial charge on any atom is -0.256 e. The summed E-state index contributed by atoms with van der Waals surface area (Å²) >= 11 is 0. The van der Waals surface area contributed by atoms with E-state index in [9.17, 15) is 0 Å². The Bertz CT molecular complexity index is 902. The Morgan fingerprint density at radius 2 is 1.61 bits per heavy atom. The van der Waals surface area contributed by atoms with Crippen molar-refractivity contribution in [2.45, 2.75) is 39.0 Å². The molecular weight excluding hydrogens is 338 g/mol. The lowest BCUT2D eigenvalue weighted by Gasteiger charge is -2.09. The molecule has 0 spiro atoms. The van der Waals surface area contributed by atoms with Gasteiger partial charge in [0.1, 0.15) is 0 Å². The lowest BCUT2D eigenvalue weighted by molar-refractivity contribution is 0.795. The second-order valence-electron chi connectivity index (χ2n) is 7.13. The normalized spacial score (nSPS) is 11.0. The minimum atomic E-state index is 0.999. The monoisotopic (exact) mass is 367 g/mol. The quantitative estimate of drug-likeness (QED) is 0.273. The molecule has 0 saturated carbocycles. The molecule has 0 unspecified atom stereocenters. The minimum absolute atomic E-state index is 0.999. The van der Waals surface area contributed by atoms with Crippen LogP contribution in [0.25, 0.3) is 11.1 Å². The van der Waals surface area contributed by atoms with Gasteiger partial charge in [-0.3, -0.25) is 4.99 Å². The van der Waals surface area contributed by atoms with Crippen molar-refractivity contribution in [3.05, 3.63) is 102 Å². The predicted octanol–water partition coefficient (Wildman–Crippen LogP) is 7.57. The smallest absolute Gasteiger partial charge is 0.0630 e. The second kappa shape index (κ2) is 10.4. The molecule has 28 heavy (non-hydrogen) atoms. The summed E-state index contributed by atoms with van der Waals surface area (Å²) in [7, 11) is 0. The molecule has 0 radical (unpaired) electrons. The van der Waals surface area contributed by atoms with Gasteiger partial charge in [0.05, 0.1) is 5.69 Å². The van der Waals surface area contributed by atoms with E-state index in [0.29, 0.717) is 0 Å². The van der Waals surface area contributed by atoms with Crippen LogP contribution < -0.4 is 0 Å². The Labute approximate surface area is 169 Å². The van der Waals surface area contributed by atoms with Gasteiger partial charge in [-0.15, -0.1) is 6.58 Å². The van der Waals surface area contributed by atoms with E-state index < -0.39 is 0 Å². The van der Waals surface area contributed by atoms with E-state index in [1.165, 1.54) is 35.1 Å². The number of aliphatic imine (C=N–C) groups is 1. The van der Waals surface area contributed by atoms with E-state index in [1.54, 1.807) is 0 Å². The fourth-order valence-corrected chi connectivity index (χ4v) is 3.30. The van der Waals surface area contributed by atoms with Crippen molar-refractivity contribution in [1.82, 2.24) is 0 Å². The number of aryl methyl sites for hydroxylation is 2. The SMILES string of the molecule is C=CCCc1ccccc1-c1ccc(C=Nc2ccc(CCCC)cc2)cc1. The Morgan fingerprint density at radius 1 is 0.857 bits per heavy atom. The van der Waals surface area contributed by atoms with Crippen molar-refractivity contribution in [3.63, 3.8) is 0 Å². The average Bonchev–Trinajstić information content (AvgIpc) is 2.76. The summed E-state index contributed by atoms with van der Waals surface area (Å²) in [5, 5.41) is 0. The maximum Gasteiger partial charge on any atom is 0.0630 e. The van der Waals surface area contributed by atoms with Crippen LogP contribution >= 0.6 is 0 Å². The number of benzene rings is 3. The zero-order valence-corrected chi connectivity index (χ0v) is 16.8. The van der Waals surface area contributed by atoms with Crippen LogP contribution in [0.5, 0.6) is 0 Å². The molecule has 0 atom stereocenters. The van der Waals surface area contributed by atoms with Crippen LogP contribution in [0.2, 0.25) is 0 Å². The van der Waals surface area contributed by atoms with Crippen molar-refractivity contribution in [1.29, 1.82) is 0 Å². The van der Waals surface area contributed by atoms with E-state index in [2.05, 4.69) is 91.3 Å². The number of allylic oxidation sites excluding steroid dienone is 1. The largest absolute Gasteiger partial charge is 0.256 e. The van der Waals surface area contributed by atoms with E-state index in [4.69, 9.17) is 0 Å². The topological polar surface area (TPSA) is 12.4 Å². The molecule has 0 saturated heterocycles. The highest BCUT2D eigenvalue weighted by molar-refractivity contribution is 5.83. The van der Waals surface area contributed by atoms with Gasteiger partial charge in [-0.1, -0.05) is 80.1 Å². The van der Waals surface area contributed by atoms with Crippen LogP contribution in [0, 0.1) is 0 Å². The highest BCUT2D eigenvalue weighted by Crippen LogP contribution is 2.25. The first-order valence-corrected chi connectivity index (χ1v) is 10.2. The first kappa shape index (κ1) is 19.8. The summed E-state index contributed by atoms with van der Waals surface area (Å²) in [5.41, 5.74) is 7.42. The first-order valence-electron chi connectivity index (χ1n) is 10.2. The molecule has 0 fully saturated rings. The van der Waals surface area contributed by atoms with Gasteiger partial charge in [0.25, 0.3) is 0 Å². The van der Waals surface area contributed by atoms with Crippen molar-refractivity contribution < 1.29 is 0 Å². The summed E-state index contributed by atoms with van der Waals surface area (Å²) < 4.78 is 0. The molecule has 3 aromatic rings. The fraction of sp³-hybridized carbons (Fsp3) is 0.222. The molecular formula is C27H29N. The maximum atomic E-state index is 4.62. The third-order valence-electron chi connectivity index (χ3n) is 4.97. The molecule has 0 N–H and O–H groups in total. The van der Waals surface area contributed by atoms with E-state index >= 15 is 0 Å². The number of hydrogen-bond acceptors (Lipinski definition) is 1. The average molecular weight is 368 g/mol. The molecule has 0 heterocycles. The van der Waals surface area contributed by atoms with Crippen molar-refractivity contribution in [2.24, 2.45) is 4.99 Å². The fourth-order valence-electron chi connectivity index (χ4n) is 3.30. The van der Waals surface area contributed by atoms with Gasteiger partial charge in [0.15, 0.2) is 0 Å². The van der Waals surface area contributed by atoms with Gasteiger partial charge in [-0.2, -0.15) is 0 Å². The van der Waals surface area contributed by atoms with Crippen LogP contribution in [0.3, 0.4) is 0 Å². The second-order valence-corrected chi connectivity index (χ2v) is 7.13. The number of unbranched alkanes of at least 4 members (excludes halogenated alkanes) is 1. The Kier molecular flexibility index (Phi) is 7.37. The van der Waals surface area contributed by atoms with Crippen LogP contribution in [0.1, 0.15) is 42.9 Å². The molecule has 142 valence electrons. The highest BCUT2D eigenvalue weighted by Gasteiger charge is 2.04. The number of hydrogen-bond donors (Lipinski definition) is 0. The Hall–Kier alpha value is -2.93. The van der Waals surface area contributed by atoms with Crippen LogP contribution in [-0.2, 0) is 12.8 Å². The number of rotatable bonds is 9. The molecule has 1 nitrogen and oxygen atoms in total. The molecule has 0 amide bonds. The standard InChI is InChI=1S/C27H29N/c1-3-5-9-22-15-19-26(20-16-22)28-21-23-13-17-25(18-14-23)27-12-8-7-11-24(27)10-6-4-2/h4,7-8,11-21H,2-3,5-6,9-10H2,1H3. The van der Waals surface area contributed by atoms with E-state index in [-0.39, 0.29) is 0 Å². The molecule has 0 bridgehead atoms. The lowest BCUT2D eigenvalue weighted by Crippen LogP contribution is -1.90. The van der Waals surface area contributed by atoms with Crippen molar-refractivity contribution in [3.8, 4) is 11.1 Å². The molecule has 0 aliphatic heterocycles. The third kappa shape index (κ3) is 5.53. The summed E-state index contributed by atoms with van der Waals surface area (Å²) in [6.45, 7) is 6.06. The van der Waals surface area contributed by atoms with Crippen LogP contribution in [-0.4, -0.2) is 6.21 Å². The van der Waals surface area contributed by atoms with Gasteiger partial charge in [0.2, 0.25) is 0 Å². The summed E-state index contributed by atoms with van der Waals surface area (Å²) in [6, 6.07) is 25.8.